The van der Waals surface area contributed by atoms with Crippen molar-refractivity contribution in [2.75, 3.05) is 0 Å². The van der Waals surface area contributed by atoms with Gasteiger partial charge in [0.15, 0.2) is 5.78 Å². The molecule has 0 saturated carbocycles. The van der Waals surface area contributed by atoms with E-state index in [2.05, 4.69) is 15.0 Å². The minimum atomic E-state index is -0.403. The third-order valence-corrected chi connectivity index (χ3v) is 5.40. The van der Waals surface area contributed by atoms with Gasteiger partial charge in [0.05, 0.1) is 16.6 Å². The summed E-state index contributed by atoms with van der Waals surface area (Å²) in [5.41, 5.74) is 5.28. The number of allylic oxidation sites excluding steroid dienone is 1. The van der Waals surface area contributed by atoms with Crippen molar-refractivity contribution in [3.63, 3.8) is 0 Å². The van der Waals surface area contributed by atoms with Crippen LogP contribution < -0.4 is 5.56 Å². The number of carbonyl (C=O) groups excluding carboxylic acids is 1. The molecule has 5 aromatic rings. The molecule has 1 N–H and O–H groups in total. The summed E-state index contributed by atoms with van der Waals surface area (Å²) in [6.45, 7) is 1.99. The molecular weight excluding hydrogens is 398 g/mol. The van der Waals surface area contributed by atoms with Crippen molar-refractivity contribution in [3.8, 4) is 11.1 Å². The molecular formula is C27H19N3O2. The first-order valence-corrected chi connectivity index (χ1v) is 10.3. The molecule has 0 saturated heterocycles. The van der Waals surface area contributed by atoms with E-state index in [9.17, 15) is 9.59 Å². The van der Waals surface area contributed by atoms with Crippen LogP contribution in [0.5, 0.6) is 0 Å². The number of H-pyrrole nitrogens is 1. The molecule has 32 heavy (non-hydrogen) atoms. The number of nitrogens with one attached hydrogen (secondary N) is 1. The lowest BCUT2D eigenvalue weighted by atomic mass is 9.93. The Morgan fingerprint density at radius 1 is 0.906 bits per heavy atom. The molecule has 5 heteroatoms. The zero-order chi connectivity index (χ0) is 22.1. The average molecular weight is 417 g/mol. The highest BCUT2D eigenvalue weighted by Gasteiger charge is 2.19. The minimum absolute atomic E-state index is 0.131. The highest BCUT2D eigenvalue weighted by Crippen LogP contribution is 2.30. The van der Waals surface area contributed by atoms with E-state index in [1.807, 2.05) is 73.7 Å². The first kappa shape index (κ1) is 19.6. The first-order chi connectivity index (χ1) is 15.6. The van der Waals surface area contributed by atoms with Gasteiger partial charge in [0.1, 0.15) is 0 Å². The Morgan fingerprint density at radius 2 is 1.69 bits per heavy atom. The third-order valence-electron chi connectivity index (χ3n) is 5.40. The molecule has 0 amide bonds. The summed E-state index contributed by atoms with van der Waals surface area (Å²) in [4.78, 5) is 37.7. The van der Waals surface area contributed by atoms with Gasteiger partial charge >= 0.3 is 0 Å². The van der Waals surface area contributed by atoms with Crippen LogP contribution in [0.2, 0.25) is 0 Å². The van der Waals surface area contributed by atoms with Crippen LogP contribution in [0.25, 0.3) is 39.1 Å². The van der Waals surface area contributed by atoms with Crippen molar-refractivity contribution < 1.29 is 4.79 Å². The Kier molecular flexibility index (Phi) is 4.92. The molecule has 0 spiro atoms. The second-order valence-electron chi connectivity index (χ2n) is 7.62. The number of carbonyl (C=O) groups is 1. The Hall–Kier alpha value is -4.38. The summed E-state index contributed by atoms with van der Waals surface area (Å²) < 4.78 is 0. The SMILES string of the molecule is Cc1ccc2[nH]c(=O)c(C(=O)/C=C/c3ccc4nccnc4c3)c(-c3ccccc3)c2c1. The molecule has 0 bridgehead atoms. The van der Waals surface area contributed by atoms with Crippen molar-refractivity contribution >= 4 is 33.8 Å². The van der Waals surface area contributed by atoms with Crippen molar-refractivity contribution in [1.29, 1.82) is 0 Å². The fourth-order valence-corrected chi connectivity index (χ4v) is 3.89. The summed E-state index contributed by atoms with van der Waals surface area (Å²) in [5, 5.41) is 0.841. The van der Waals surface area contributed by atoms with Crippen molar-refractivity contribution in [1.82, 2.24) is 15.0 Å². The fourth-order valence-electron chi connectivity index (χ4n) is 3.89. The van der Waals surface area contributed by atoms with Gasteiger partial charge < -0.3 is 4.98 Å². The van der Waals surface area contributed by atoms with E-state index in [1.54, 1.807) is 18.5 Å². The van der Waals surface area contributed by atoms with Gasteiger partial charge in [0.25, 0.3) is 5.56 Å². The van der Waals surface area contributed by atoms with Gasteiger partial charge in [-0.1, -0.05) is 54.1 Å². The lowest BCUT2D eigenvalue weighted by Gasteiger charge is -2.12. The third kappa shape index (κ3) is 3.61. The number of nitrogens with zero attached hydrogens (tertiary/aromatic N) is 2. The second-order valence-corrected chi connectivity index (χ2v) is 7.62. The number of ketones is 1. The van der Waals surface area contributed by atoms with Crippen molar-refractivity contribution in [2.24, 2.45) is 0 Å². The molecule has 3 aromatic carbocycles. The van der Waals surface area contributed by atoms with E-state index in [4.69, 9.17) is 0 Å². The van der Waals surface area contributed by atoms with Gasteiger partial charge in [-0.05, 0) is 48.4 Å². The number of hydrogen-bond acceptors (Lipinski definition) is 4. The maximum absolute atomic E-state index is 13.3. The number of aromatic amines is 1. The van der Waals surface area contributed by atoms with Crippen LogP contribution in [0.1, 0.15) is 21.5 Å². The molecule has 0 atom stereocenters. The predicted molar refractivity (Wildman–Crippen MR) is 128 cm³/mol. The maximum Gasteiger partial charge on any atom is 0.260 e. The van der Waals surface area contributed by atoms with Gasteiger partial charge in [-0.25, -0.2) is 0 Å². The number of aryl methyl sites for hydroxylation is 1. The van der Waals surface area contributed by atoms with Crippen LogP contribution in [0.4, 0.5) is 0 Å². The smallest absolute Gasteiger partial charge is 0.260 e. The Balaban J connectivity index is 1.65. The van der Waals surface area contributed by atoms with Gasteiger partial charge in [-0.15, -0.1) is 0 Å². The quantitative estimate of drug-likeness (QED) is 0.316. The lowest BCUT2D eigenvalue weighted by molar-refractivity contribution is 0.104. The van der Waals surface area contributed by atoms with Crippen LogP contribution >= 0.6 is 0 Å². The zero-order valence-electron chi connectivity index (χ0n) is 17.4. The molecule has 154 valence electrons. The molecule has 5 rings (SSSR count). The van der Waals surface area contributed by atoms with Crippen LogP contribution in [0.15, 0.2) is 90.0 Å². The molecule has 5 nitrogen and oxygen atoms in total. The number of benzene rings is 3. The number of fused-ring (bicyclic) bond motifs is 2. The molecule has 0 aliphatic rings. The van der Waals surface area contributed by atoms with Crippen molar-refractivity contribution in [3.05, 3.63) is 112 Å². The molecule has 0 aliphatic heterocycles. The summed E-state index contributed by atoms with van der Waals surface area (Å²) in [5.74, 6) is -0.354. The molecule has 0 aliphatic carbocycles. The Bertz CT molecular complexity index is 1570. The number of hydrogen-bond donors (Lipinski definition) is 1. The molecule has 2 aromatic heterocycles. The molecule has 0 fully saturated rings. The van der Waals surface area contributed by atoms with Crippen molar-refractivity contribution in [2.45, 2.75) is 6.92 Å². The average Bonchev–Trinajstić information content (AvgIpc) is 2.82. The molecule has 0 unspecified atom stereocenters. The van der Waals surface area contributed by atoms with E-state index in [0.717, 1.165) is 33.1 Å². The number of rotatable bonds is 4. The van der Waals surface area contributed by atoms with Gasteiger partial charge in [-0.2, -0.15) is 0 Å². The van der Waals surface area contributed by atoms with Crippen LogP contribution in [-0.2, 0) is 0 Å². The normalized spacial score (nSPS) is 11.4. The summed E-state index contributed by atoms with van der Waals surface area (Å²) in [6, 6.07) is 20.9. The van der Waals surface area contributed by atoms with Gasteiger partial charge in [0, 0.05) is 28.9 Å². The second kappa shape index (κ2) is 8.04. The van der Waals surface area contributed by atoms with E-state index in [0.29, 0.717) is 11.1 Å². The topological polar surface area (TPSA) is 75.7 Å². The van der Waals surface area contributed by atoms with Gasteiger partial charge in [-0.3, -0.25) is 19.6 Å². The first-order valence-electron chi connectivity index (χ1n) is 10.3. The van der Waals surface area contributed by atoms with E-state index >= 15 is 0 Å². The van der Waals surface area contributed by atoms with Crippen LogP contribution in [-0.4, -0.2) is 20.7 Å². The predicted octanol–water partition coefficient (Wildman–Crippen LogP) is 5.34. The Morgan fingerprint density at radius 3 is 2.50 bits per heavy atom. The van der Waals surface area contributed by atoms with Gasteiger partial charge in [0.2, 0.25) is 0 Å². The number of aromatic nitrogens is 3. The lowest BCUT2D eigenvalue weighted by Crippen LogP contribution is -2.18. The highest BCUT2D eigenvalue weighted by molar-refractivity contribution is 6.15. The maximum atomic E-state index is 13.3. The minimum Gasteiger partial charge on any atom is -0.321 e. The Labute approximate surface area is 184 Å². The summed E-state index contributed by atoms with van der Waals surface area (Å²) in [7, 11) is 0. The fraction of sp³-hybridized carbons (Fsp3) is 0.0370. The molecule has 2 heterocycles. The summed E-state index contributed by atoms with van der Waals surface area (Å²) in [6.07, 6.45) is 6.41. The number of pyridine rings is 1. The highest BCUT2D eigenvalue weighted by atomic mass is 16.1. The van der Waals surface area contributed by atoms with Crippen LogP contribution in [0, 0.1) is 6.92 Å². The monoisotopic (exact) mass is 417 g/mol. The largest absolute Gasteiger partial charge is 0.321 e. The van der Waals surface area contributed by atoms with Crippen LogP contribution in [0.3, 0.4) is 0 Å². The van der Waals surface area contributed by atoms with E-state index in [-0.39, 0.29) is 11.3 Å². The standard InChI is InChI=1S/C27H19N3O2/c1-17-7-10-21-20(15-17)25(19-5-3-2-4-6-19)26(27(32)30-21)24(31)12-9-18-8-11-22-23(16-18)29-14-13-28-22/h2-16H,1H3,(H,30,32)/b12-9+. The molecule has 0 radical (unpaired) electrons. The summed E-state index contributed by atoms with van der Waals surface area (Å²) >= 11 is 0. The van der Waals surface area contributed by atoms with E-state index in [1.165, 1.54) is 6.08 Å². The zero-order valence-corrected chi connectivity index (χ0v) is 17.4. The van der Waals surface area contributed by atoms with E-state index < -0.39 is 5.56 Å².